The van der Waals surface area contributed by atoms with Gasteiger partial charge in [0, 0.05) is 17.1 Å². The number of hydrogen-bond acceptors (Lipinski definition) is 6. The zero-order valence-electron chi connectivity index (χ0n) is 19.6. The molecule has 1 aromatic heterocycles. The van der Waals surface area contributed by atoms with Gasteiger partial charge in [0.2, 0.25) is 5.91 Å². The molecule has 0 saturated heterocycles. The summed E-state index contributed by atoms with van der Waals surface area (Å²) in [6.07, 6.45) is 1.47. The SMILES string of the molecule is CC1=C(C(=O)Nc2ccc(F)cc2)C(c2ccco2)C(C#N)=C(SCC(=O)Nc2ccccc2C)N1. The van der Waals surface area contributed by atoms with E-state index >= 15 is 0 Å². The van der Waals surface area contributed by atoms with Crippen LogP contribution in [0.15, 0.2) is 93.2 Å². The monoisotopic (exact) mass is 502 g/mol. The van der Waals surface area contributed by atoms with Crippen LogP contribution in [0.5, 0.6) is 0 Å². The van der Waals surface area contributed by atoms with Crippen molar-refractivity contribution in [1.29, 1.82) is 5.26 Å². The van der Waals surface area contributed by atoms with Crippen LogP contribution in [-0.4, -0.2) is 17.6 Å². The second-order valence-corrected chi connectivity index (χ2v) is 9.07. The first-order valence-electron chi connectivity index (χ1n) is 11.1. The molecule has 2 heterocycles. The second kappa shape index (κ2) is 11.0. The van der Waals surface area contributed by atoms with Gasteiger partial charge in [0.05, 0.1) is 40.2 Å². The molecular weight excluding hydrogens is 479 g/mol. The van der Waals surface area contributed by atoms with Crippen LogP contribution in [0.2, 0.25) is 0 Å². The van der Waals surface area contributed by atoms with Gasteiger partial charge in [0.15, 0.2) is 0 Å². The highest BCUT2D eigenvalue weighted by atomic mass is 32.2. The van der Waals surface area contributed by atoms with Crippen molar-refractivity contribution in [3.8, 4) is 6.07 Å². The van der Waals surface area contributed by atoms with E-state index in [0.29, 0.717) is 27.7 Å². The van der Waals surface area contributed by atoms with Crippen molar-refractivity contribution < 1.29 is 18.4 Å². The Bertz CT molecular complexity index is 1390. The third kappa shape index (κ3) is 5.50. The number of halogens is 1. The van der Waals surface area contributed by atoms with Crippen molar-refractivity contribution in [1.82, 2.24) is 5.32 Å². The molecule has 182 valence electrons. The van der Waals surface area contributed by atoms with Crippen molar-refractivity contribution in [3.05, 3.63) is 106 Å². The third-order valence-corrected chi connectivity index (χ3v) is 6.61. The maximum Gasteiger partial charge on any atom is 0.254 e. The molecule has 4 rings (SSSR count). The molecule has 0 spiro atoms. The highest BCUT2D eigenvalue weighted by Gasteiger charge is 2.36. The number of carbonyl (C=O) groups excluding carboxylic acids is 2. The normalized spacial score (nSPS) is 15.2. The standard InChI is InChI=1S/C27H23FN4O3S/c1-16-6-3-4-7-21(16)32-23(33)15-36-27-20(14-29)25(22-8-5-13-35-22)24(17(2)30-27)26(34)31-19-11-9-18(28)10-12-19/h3-13,25,30H,15H2,1-2H3,(H,31,34)(H,32,33). The summed E-state index contributed by atoms with van der Waals surface area (Å²) in [6, 6.07) is 18.4. The Morgan fingerprint density at radius 3 is 2.50 bits per heavy atom. The van der Waals surface area contributed by atoms with Crippen LogP contribution in [0.1, 0.15) is 24.2 Å². The van der Waals surface area contributed by atoms with Crippen LogP contribution in [0.3, 0.4) is 0 Å². The van der Waals surface area contributed by atoms with E-state index in [2.05, 4.69) is 22.0 Å². The number of dihydropyridines is 1. The molecule has 1 aliphatic heterocycles. The summed E-state index contributed by atoms with van der Waals surface area (Å²) in [4.78, 5) is 25.9. The first-order valence-corrected chi connectivity index (χ1v) is 12.1. The number of allylic oxidation sites excluding steroid dienone is 2. The van der Waals surface area contributed by atoms with Crippen molar-refractivity contribution in [3.63, 3.8) is 0 Å². The van der Waals surface area contributed by atoms with Gasteiger partial charge in [-0.1, -0.05) is 30.0 Å². The Balaban J connectivity index is 1.58. The number of nitrogens with zero attached hydrogens (tertiary/aromatic N) is 1. The molecule has 3 aromatic rings. The highest BCUT2D eigenvalue weighted by Crippen LogP contribution is 2.41. The minimum atomic E-state index is -0.784. The van der Waals surface area contributed by atoms with Gasteiger partial charge >= 0.3 is 0 Å². The third-order valence-electron chi connectivity index (χ3n) is 5.59. The largest absolute Gasteiger partial charge is 0.468 e. The molecule has 2 amide bonds. The van der Waals surface area contributed by atoms with E-state index in [9.17, 15) is 19.2 Å². The van der Waals surface area contributed by atoms with E-state index in [1.807, 2.05) is 31.2 Å². The van der Waals surface area contributed by atoms with Gasteiger partial charge in [-0.3, -0.25) is 9.59 Å². The lowest BCUT2D eigenvalue weighted by molar-refractivity contribution is -0.114. The number of hydrogen-bond donors (Lipinski definition) is 3. The molecule has 1 unspecified atom stereocenters. The summed E-state index contributed by atoms with van der Waals surface area (Å²) in [5.41, 5.74) is 3.14. The molecule has 0 bridgehead atoms. The van der Waals surface area contributed by atoms with E-state index in [1.54, 1.807) is 19.1 Å². The molecule has 3 N–H and O–H groups in total. The van der Waals surface area contributed by atoms with Crippen LogP contribution in [-0.2, 0) is 9.59 Å². The average molecular weight is 503 g/mol. The van der Waals surface area contributed by atoms with Crippen LogP contribution >= 0.6 is 11.8 Å². The molecular formula is C27H23FN4O3S. The van der Waals surface area contributed by atoms with Crippen LogP contribution in [0.4, 0.5) is 15.8 Å². The van der Waals surface area contributed by atoms with Crippen LogP contribution in [0, 0.1) is 24.1 Å². The fraction of sp³-hybridized carbons (Fsp3) is 0.148. The Morgan fingerprint density at radius 1 is 1.08 bits per heavy atom. The van der Waals surface area contributed by atoms with E-state index in [0.717, 1.165) is 11.3 Å². The highest BCUT2D eigenvalue weighted by molar-refractivity contribution is 8.03. The van der Waals surface area contributed by atoms with Crippen LogP contribution in [0.25, 0.3) is 0 Å². The molecule has 0 saturated carbocycles. The number of amides is 2. The zero-order chi connectivity index (χ0) is 25.7. The Morgan fingerprint density at radius 2 is 1.83 bits per heavy atom. The number of benzene rings is 2. The maximum atomic E-state index is 13.3. The molecule has 9 heteroatoms. The number of carbonyl (C=O) groups is 2. The number of anilines is 2. The fourth-order valence-corrected chi connectivity index (χ4v) is 4.73. The molecule has 7 nitrogen and oxygen atoms in total. The fourth-order valence-electron chi connectivity index (χ4n) is 3.84. The number of rotatable bonds is 7. The number of furan rings is 1. The predicted octanol–water partition coefficient (Wildman–Crippen LogP) is 5.43. The number of para-hydroxylation sites is 1. The van der Waals surface area contributed by atoms with Crippen molar-refractivity contribution in [2.75, 3.05) is 16.4 Å². The quantitative estimate of drug-likeness (QED) is 0.398. The average Bonchev–Trinajstić information content (AvgIpc) is 3.39. The maximum absolute atomic E-state index is 13.3. The van der Waals surface area contributed by atoms with Crippen molar-refractivity contribution in [2.45, 2.75) is 19.8 Å². The summed E-state index contributed by atoms with van der Waals surface area (Å²) in [5, 5.41) is 19.3. The van der Waals surface area contributed by atoms with Crippen molar-refractivity contribution >= 4 is 35.0 Å². The van der Waals surface area contributed by atoms with Gasteiger partial charge < -0.3 is 20.4 Å². The summed E-state index contributed by atoms with van der Waals surface area (Å²) >= 11 is 1.17. The number of aryl methyl sites for hydroxylation is 1. The lowest BCUT2D eigenvalue weighted by Gasteiger charge is -2.28. The molecule has 0 aliphatic carbocycles. The summed E-state index contributed by atoms with van der Waals surface area (Å²) in [6.45, 7) is 3.63. The minimum absolute atomic E-state index is 0.0527. The van der Waals surface area contributed by atoms with Gasteiger partial charge in [-0.15, -0.1) is 0 Å². The smallest absolute Gasteiger partial charge is 0.254 e. The zero-order valence-corrected chi connectivity index (χ0v) is 20.4. The van der Waals surface area contributed by atoms with E-state index in [4.69, 9.17) is 4.42 Å². The molecule has 36 heavy (non-hydrogen) atoms. The molecule has 0 radical (unpaired) electrons. The van der Waals surface area contributed by atoms with E-state index in [-0.39, 0.29) is 17.2 Å². The Hall–Kier alpha value is -4.29. The summed E-state index contributed by atoms with van der Waals surface area (Å²) < 4.78 is 18.9. The van der Waals surface area contributed by atoms with Crippen molar-refractivity contribution in [2.24, 2.45) is 0 Å². The second-order valence-electron chi connectivity index (χ2n) is 8.08. The number of thioether (sulfide) groups is 1. The molecule has 1 atom stereocenters. The lowest BCUT2D eigenvalue weighted by atomic mass is 9.85. The van der Waals surface area contributed by atoms with E-state index in [1.165, 1.54) is 42.3 Å². The van der Waals surface area contributed by atoms with Gasteiger partial charge in [-0.2, -0.15) is 5.26 Å². The first kappa shape index (κ1) is 24.8. The summed E-state index contributed by atoms with van der Waals surface area (Å²) in [7, 11) is 0. The van der Waals surface area contributed by atoms with Gasteiger partial charge in [-0.05, 0) is 61.9 Å². The van der Waals surface area contributed by atoms with Gasteiger partial charge in [-0.25, -0.2) is 4.39 Å². The molecule has 0 fully saturated rings. The number of nitrogens with one attached hydrogen (secondary N) is 3. The summed E-state index contributed by atoms with van der Waals surface area (Å²) in [5.74, 6) is -1.41. The lowest BCUT2D eigenvalue weighted by Crippen LogP contribution is -2.31. The molecule has 1 aliphatic rings. The Labute approximate surface area is 212 Å². The molecule has 2 aromatic carbocycles. The Kier molecular flexibility index (Phi) is 7.56. The minimum Gasteiger partial charge on any atom is -0.468 e. The van der Waals surface area contributed by atoms with Crippen LogP contribution < -0.4 is 16.0 Å². The topological polar surface area (TPSA) is 107 Å². The van der Waals surface area contributed by atoms with Gasteiger partial charge in [0.1, 0.15) is 11.6 Å². The predicted molar refractivity (Wildman–Crippen MR) is 137 cm³/mol. The first-order chi connectivity index (χ1) is 17.4. The van der Waals surface area contributed by atoms with E-state index < -0.39 is 17.6 Å². The number of nitriles is 1. The van der Waals surface area contributed by atoms with Gasteiger partial charge in [0.25, 0.3) is 5.91 Å².